The molecule has 0 aliphatic carbocycles. The van der Waals surface area contributed by atoms with E-state index in [1.807, 2.05) is 6.92 Å². The van der Waals surface area contributed by atoms with Crippen molar-refractivity contribution < 1.29 is 23.4 Å². The number of hydrogen-bond donors (Lipinski definition) is 1. The van der Waals surface area contributed by atoms with Gasteiger partial charge in [-0.3, -0.25) is 0 Å². The van der Waals surface area contributed by atoms with Crippen molar-refractivity contribution in [2.75, 3.05) is 39.6 Å². The van der Waals surface area contributed by atoms with Crippen LogP contribution in [0.1, 0.15) is 67.7 Å². The predicted octanol–water partition coefficient (Wildman–Crippen LogP) is 5.98. The summed E-state index contributed by atoms with van der Waals surface area (Å²) in [6.45, 7) is 27.9. The van der Waals surface area contributed by atoms with Crippen molar-refractivity contribution in [3.63, 3.8) is 0 Å². The molecule has 0 aliphatic heterocycles. The molecule has 0 spiro atoms. The summed E-state index contributed by atoms with van der Waals surface area (Å²) in [5, 5.41) is 11.2. The van der Waals surface area contributed by atoms with E-state index in [2.05, 4.69) is 67.7 Å². The zero-order valence-corrected chi connectivity index (χ0v) is 23.9. The molecule has 0 atom stereocenters. The Balaban J connectivity index is 4.01. The Hall–Kier alpha value is 0.234. The third-order valence-electron chi connectivity index (χ3n) is 7.08. The van der Waals surface area contributed by atoms with Crippen LogP contribution >= 0.6 is 0 Å². The number of aliphatic hydroxyl groups is 1. The van der Waals surface area contributed by atoms with E-state index in [4.69, 9.17) is 18.3 Å². The Kier molecular flexibility index (Phi) is 12.6. The molecule has 0 rings (SSSR count). The lowest BCUT2D eigenvalue weighted by Gasteiger charge is -2.36. The Morgan fingerprint density at radius 3 is 1.20 bits per heavy atom. The van der Waals surface area contributed by atoms with Gasteiger partial charge < -0.3 is 23.4 Å². The molecule has 0 saturated heterocycles. The number of ether oxygens (including phenoxy) is 2. The average molecular weight is 465 g/mol. The Morgan fingerprint density at radius 1 is 0.600 bits per heavy atom. The van der Waals surface area contributed by atoms with Crippen molar-refractivity contribution in [2.45, 2.75) is 110 Å². The second-order valence-electron chi connectivity index (χ2n) is 11.5. The SMILES string of the molecule is CCC(O)(CCOCCO[Si](C)(C)C(C)(C)C)CCOCCO[Si](C)(C)C(C)(C)C. The van der Waals surface area contributed by atoms with Gasteiger partial charge in [-0.1, -0.05) is 48.5 Å². The summed E-state index contributed by atoms with van der Waals surface area (Å²) in [5.74, 6) is 0. The van der Waals surface area contributed by atoms with E-state index < -0.39 is 22.2 Å². The molecule has 182 valence electrons. The molecule has 0 heterocycles. The summed E-state index contributed by atoms with van der Waals surface area (Å²) in [6.07, 6.45) is 1.93. The molecular formula is C23H52O5Si2. The molecule has 5 nitrogen and oxygen atoms in total. The normalized spacial score (nSPS) is 14.4. The molecule has 0 bridgehead atoms. The first-order valence-electron chi connectivity index (χ1n) is 11.6. The van der Waals surface area contributed by atoms with Gasteiger partial charge in [-0.2, -0.15) is 0 Å². The Morgan fingerprint density at radius 2 is 0.933 bits per heavy atom. The highest BCUT2D eigenvalue weighted by Crippen LogP contribution is 2.37. The molecule has 0 unspecified atom stereocenters. The van der Waals surface area contributed by atoms with E-state index in [-0.39, 0.29) is 10.1 Å². The first-order chi connectivity index (χ1) is 13.5. The van der Waals surface area contributed by atoms with E-state index in [1.165, 1.54) is 0 Å². The van der Waals surface area contributed by atoms with Crippen LogP contribution in [0, 0.1) is 0 Å². The minimum atomic E-state index is -1.71. The van der Waals surface area contributed by atoms with Crippen molar-refractivity contribution in [1.82, 2.24) is 0 Å². The van der Waals surface area contributed by atoms with Gasteiger partial charge in [-0.05, 0) is 55.5 Å². The van der Waals surface area contributed by atoms with E-state index in [0.29, 0.717) is 58.9 Å². The van der Waals surface area contributed by atoms with Gasteiger partial charge in [0, 0.05) is 13.2 Å². The van der Waals surface area contributed by atoms with Crippen molar-refractivity contribution in [2.24, 2.45) is 0 Å². The zero-order chi connectivity index (χ0) is 23.7. The Labute approximate surface area is 189 Å². The first kappa shape index (κ1) is 30.2. The van der Waals surface area contributed by atoms with Crippen LogP contribution in [-0.2, 0) is 18.3 Å². The molecular weight excluding hydrogens is 412 g/mol. The van der Waals surface area contributed by atoms with Crippen LogP contribution < -0.4 is 0 Å². The van der Waals surface area contributed by atoms with Gasteiger partial charge >= 0.3 is 0 Å². The fourth-order valence-electron chi connectivity index (χ4n) is 2.35. The van der Waals surface area contributed by atoms with Crippen LogP contribution in [0.4, 0.5) is 0 Å². The van der Waals surface area contributed by atoms with Crippen LogP contribution in [0.15, 0.2) is 0 Å². The monoisotopic (exact) mass is 464 g/mol. The lowest BCUT2D eigenvalue weighted by Crippen LogP contribution is -2.41. The Bertz CT molecular complexity index is 429. The van der Waals surface area contributed by atoms with Crippen LogP contribution in [0.2, 0.25) is 36.3 Å². The fourth-order valence-corrected chi connectivity index (χ4v) is 4.40. The lowest BCUT2D eigenvalue weighted by molar-refractivity contribution is -0.0344. The number of rotatable bonds is 15. The maximum absolute atomic E-state index is 10.8. The van der Waals surface area contributed by atoms with E-state index in [0.717, 1.165) is 0 Å². The molecule has 30 heavy (non-hydrogen) atoms. The minimum absolute atomic E-state index is 0.213. The lowest BCUT2D eigenvalue weighted by atomic mass is 9.93. The number of hydrogen-bond acceptors (Lipinski definition) is 5. The van der Waals surface area contributed by atoms with Crippen molar-refractivity contribution in [3.05, 3.63) is 0 Å². The van der Waals surface area contributed by atoms with Crippen LogP contribution in [-0.4, -0.2) is 67.0 Å². The zero-order valence-electron chi connectivity index (χ0n) is 21.9. The van der Waals surface area contributed by atoms with Crippen molar-refractivity contribution in [1.29, 1.82) is 0 Å². The highest BCUT2D eigenvalue weighted by atomic mass is 28.4. The summed E-state index contributed by atoms with van der Waals surface area (Å²) >= 11 is 0. The van der Waals surface area contributed by atoms with Gasteiger partial charge in [0.05, 0.1) is 32.0 Å². The smallest absolute Gasteiger partial charge is 0.192 e. The summed E-state index contributed by atoms with van der Waals surface area (Å²) in [5.41, 5.74) is -0.736. The van der Waals surface area contributed by atoms with Gasteiger partial charge in [0.25, 0.3) is 0 Å². The van der Waals surface area contributed by atoms with Crippen LogP contribution in [0.25, 0.3) is 0 Å². The maximum Gasteiger partial charge on any atom is 0.192 e. The van der Waals surface area contributed by atoms with E-state index in [1.54, 1.807) is 0 Å². The third kappa shape index (κ3) is 11.2. The third-order valence-corrected chi connectivity index (χ3v) is 16.2. The molecule has 1 N–H and O–H groups in total. The molecule has 0 fully saturated rings. The second-order valence-corrected chi connectivity index (χ2v) is 21.1. The predicted molar refractivity (Wildman–Crippen MR) is 132 cm³/mol. The summed E-state index contributed by atoms with van der Waals surface area (Å²) in [4.78, 5) is 0. The van der Waals surface area contributed by atoms with E-state index in [9.17, 15) is 5.11 Å². The largest absolute Gasteiger partial charge is 0.414 e. The fraction of sp³-hybridized carbons (Fsp3) is 1.00. The van der Waals surface area contributed by atoms with Crippen molar-refractivity contribution >= 4 is 16.6 Å². The first-order valence-corrected chi connectivity index (χ1v) is 17.4. The average Bonchev–Trinajstić information content (AvgIpc) is 2.59. The summed E-state index contributed by atoms with van der Waals surface area (Å²) < 4.78 is 23.7. The molecule has 0 aromatic rings. The highest BCUT2D eigenvalue weighted by molar-refractivity contribution is 6.74. The van der Waals surface area contributed by atoms with E-state index >= 15 is 0 Å². The van der Waals surface area contributed by atoms with Crippen LogP contribution in [0.3, 0.4) is 0 Å². The molecule has 0 saturated carbocycles. The topological polar surface area (TPSA) is 57.2 Å². The second kappa shape index (κ2) is 12.5. The molecule has 0 aliphatic rings. The molecule has 0 aromatic carbocycles. The van der Waals surface area contributed by atoms with Crippen molar-refractivity contribution in [3.8, 4) is 0 Å². The minimum Gasteiger partial charge on any atom is -0.414 e. The van der Waals surface area contributed by atoms with Gasteiger partial charge in [0.15, 0.2) is 16.6 Å². The van der Waals surface area contributed by atoms with Crippen LogP contribution in [0.5, 0.6) is 0 Å². The molecule has 0 amide bonds. The molecule has 0 radical (unpaired) electrons. The van der Waals surface area contributed by atoms with Gasteiger partial charge in [0.2, 0.25) is 0 Å². The quantitative estimate of drug-likeness (QED) is 0.238. The summed E-state index contributed by atoms with van der Waals surface area (Å²) in [7, 11) is -3.43. The molecule has 7 heteroatoms. The van der Waals surface area contributed by atoms with Gasteiger partial charge in [0.1, 0.15) is 0 Å². The standard InChI is InChI=1S/C23H52O5Si2/c1-12-23(24,13-15-25-17-19-27-29(8,9)21(2,3)4)14-16-26-18-20-28-30(10,11)22(5,6)7/h24H,12-20H2,1-11H3. The van der Waals surface area contributed by atoms with Gasteiger partial charge in [-0.15, -0.1) is 0 Å². The van der Waals surface area contributed by atoms with Gasteiger partial charge in [-0.25, -0.2) is 0 Å². The summed E-state index contributed by atoms with van der Waals surface area (Å²) in [6, 6.07) is 0. The highest BCUT2D eigenvalue weighted by Gasteiger charge is 2.37. The molecule has 0 aromatic heterocycles. The maximum atomic E-state index is 10.8.